The summed E-state index contributed by atoms with van der Waals surface area (Å²) in [5.74, 6) is 0. The monoisotopic (exact) mass is 819 g/mol. The number of aryl methyl sites for hydroxylation is 3. The van der Waals surface area contributed by atoms with Gasteiger partial charge in [-0.1, -0.05) is 103 Å². The van der Waals surface area contributed by atoms with Gasteiger partial charge in [-0.3, -0.25) is 0 Å². The van der Waals surface area contributed by atoms with Crippen molar-refractivity contribution in [3.05, 3.63) is 144 Å². The van der Waals surface area contributed by atoms with Crippen molar-refractivity contribution < 1.29 is 0 Å². The zero-order valence-electron chi connectivity index (χ0n) is 33.8. The van der Waals surface area contributed by atoms with Gasteiger partial charge in [0.25, 0.3) is 0 Å². The molecule has 12 aromatic carbocycles. The van der Waals surface area contributed by atoms with Crippen molar-refractivity contribution in [1.82, 2.24) is 0 Å². The highest BCUT2D eigenvalue weighted by atomic mass is 32.4. The molecular weight excluding hydrogens is 790 g/mol. The van der Waals surface area contributed by atoms with Crippen LogP contribution in [0.25, 0.3) is 97.0 Å². The van der Waals surface area contributed by atoms with Crippen molar-refractivity contribution in [2.45, 2.75) is 20.8 Å². The Kier molecular flexibility index (Phi) is 4.63. The van der Waals surface area contributed by atoms with E-state index in [1.165, 1.54) is 181 Å². The van der Waals surface area contributed by atoms with E-state index in [4.69, 9.17) is 11.8 Å². The van der Waals surface area contributed by atoms with E-state index in [9.17, 15) is 0 Å². The first-order valence-electron chi connectivity index (χ1n) is 21.8. The van der Waals surface area contributed by atoms with Crippen molar-refractivity contribution in [3.63, 3.8) is 0 Å². The molecule has 3 nitrogen and oxygen atoms in total. The molecule has 6 aliphatic rings. The lowest BCUT2D eigenvalue weighted by atomic mass is 9.85. The van der Waals surface area contributed by atoms with Gasteiger partial charge >= 0.3 is 0 Å². The average Bonchev–Trinajstić information content (AvgIpc) is 3.29. The van der Waals surface area contributed by atoms with Crippen LogP contribution in [0, 0.1) is 20.8 Å². The van der Waals surface area contributed by atoms with Crippen LogP contribution < -0.4 is 30.6 Å². The normalized spacial score (nSPS) is 15.8. The fourth-order valence-electron chi connectivity index (χ4n) is 13.8. The maximum Gasteiger partial charge on any atom is 0.0659 e. The van der Waals surface area contributed by atoms with Crippen LogP contribution in [0.15, 0.2) is 127 Å². The molecule has 0 atom stereocenters. The first-order chi connectivity index (χ1) is 30.4. The molecule has 18 rings (SSSR count). The van der Waals surface area contributed by atoms with Crippen LogP contribution in [0.4, 0.5) is 51.2 Å². The standard InChI is InChI=1S/C57H30N3PS/c1-25-4-19-37-49-34(25)16-13-28-7-10-31-22-41-56-52(46(31)43(28)49)58(37)40-23-32-11-8-29-14-17-36-27(3)6-21-39-51(36)44(29)47(32)53-55(40)61(56,62)57-42(60(39)53)24-33-12-9-30-15-18-35-26(2)5-20-38-50(35)45(30)48(33)54(57)59(38)41/h4-24H,1-3H3. The first-order valence-corrected chi connectivity index (χ1v) is 24.6. The van der Waals surface area contributed by atoms with Gasteiger partial charge in [-0.15, -0.1) is 0 Å². The van der Waals surface area contributed by atoms with Crippen LogP contribution >= 0.6 is 6.04 Å². The van der Waals surface area contributed by atoms with E-state index >= 15 is 0 Å². The SMILES string of the molecule is Cc1ccc2c3c1ccc1ccc4cc5c6c(c4c13)N2c1cc2ccc3ccc4c(C)ccc7c4c3c2c2c1P6(=S)c1c(cc3ccc4ccc6c(C)ccc8c6c4c3c1N58)N27. The quantitative estimate of drug-likeness (QED) is 0.111. The number of benzene rings is 12. The van der Waals surface area contributed by atoms with Gasteiger partial charge < -0.3 is 14.7 Å². The van der Waals surface area contributed by atoms with Gasteiger partial charge in [-0.25, -0.2) is 0 Å². The van der Waals surface area contributed by atoms with E-state index in [0.717, 1.165) is 0 Å². The summed E-state index contributed by atoms with van der Waals surface area (Å²) in [6, 6.07) is 47.4. The topological polar surface area (TPSA) is 9.72 Å². The Morgan fingerprint density at radius 3 is 0.919 bits per heavy atom. The Morgan fingerprint density at radius 2 is 0.597 bits per heavy atom. The Hall–Kier alpha value is -6.97. The van der Waals surface area contributed by atoms with Crippen molar-refractivity contribution in [2.75, 3.05) is 14.7 Å². The maximum absolute atomic E-state index is 7.90. The van der Waals surface area contributed by atoms with E-state index in [0.29, 0.717) is 0 Å². The summed E-state index contributed by atoms with van der Waals surface area (Å²) >= 11 is 7.90. The molecule has 0 bridgehead atoms. The molecule has 0 aromatic heterocycles. The molecular formula is C57H30N3PS. The van der Waals surface area contributed by atoms with E-state index in [1.54, 1.807) is 0 Å². The molecule has 6 heterocycles. The van der Waals surface area contributed by atoms with E-state index < -0.39 is 6.04 Å². The Balaban J connectivity index is 1.18. The largest absolute Gasteiger partial charge is 0.308 e. The van der Waals surface area contributed by atoms with Crippen LogP contribution in [-0.4, -0.2) is 0 Å². The van der Waals surface area contributed by atoms with Gasteiger partial charge in [-0.2, -0.15) is 0 Å². The molecule has 0 radical (unpaired) electrons. The third-order valence-electron chi connectivity index (χ3n) is 16.2. The Morgan fingerprint density at radius 1 is 0.306 bits per heavy atom. The zero-order chi connectivity index (χ0) is 40.1. The predicted octanol–water partition coefficient (Wildman–Crippen LogP) is 15.0. The Labute approximate surface area is 359 Å². The number of hydrogen-bond donors (Lipinski definition) is 0. The number of anilines is 9. The number of nitrogens with zero attached hydrogens (tertiary/aromatic N) is 3. The summed E-state index contributed by atoms with van der Waals surface area (Å²) in [6.45, 7) is 6.81. The van der Waals surface area contributed by atoms with Gasteiger partial charge in [0.15, 0.2) is 0 Å². The summed E-state index contributed by atoms with van der Waals surface area (Å²) < 4.78 is 0. The average molecular weight is 820 g/mol. The second-order valence-electron chi connectivity index (χ2n) is 18.8. The van der Waals surface area contributed by atoms with Gasteiger partial charge in [0.05, 0.1) is 57.2 Å². The maximum atomic E-state index is 7.90. The zero-order valence-corrected chi connectivity index (χ0v) is 35.5. The van der Waals surface area contributed by atoms with Crippen molar-refractivity contribution in [2.24, 2.45) is 0 Å². The van der Waals surface area contributed by atoms with E-state index in [1.807, 2.05) is 0 Å². The molecule has 0 fully saturated rings. The highest BCUT2D eigenvalue weighted by Crippen LogP contribution is 2.73. The highest BCUT2D eigenvalue weighted by molar-refractivity contribution is 8.26. The third kappa shape index (κ3) is 2.86. The molecule has 62 heavy (non-hydrogen) atoms. The van der Waals surface area contributed by atoms with Gasteiger partial charge in [-0.05, 0) is 122 Å². The minimum Gasteiger partial charge on any atom is -0.308 e. The van der Waals surface area contributed by atoms with Crippen LogP contribution in [0.5, 0.6) is 0 Å². The summed E-state index contributed by atoms with van der Waals surface area (Å²) in [7, 11) is 0. The molecule has 0 spiro atoms. The van der Waals surface area contributed by atoms with Crippen molar-refractivity contribution in [1.29, 1.82) is 0 Å². The summed E-state index contributed by atoms with van der Waals surface area (Å²) in [5.41, 5.74) is 15.4. The molecule has 12 aromatic rings. The lowest BCUT2D eigenvalue weighted by Gasteiger charge is -2.54. The van der Waals surface area contributed by atoms with Crippen LogP contribution in [0.3, 0.4) is 0 Å². The van der Waals surface area contributed by atoms with Gasteiger partial charge in [0.1, 0.15) is 0 Å². The fraction of sp³-hybridized carbons (Fsp3) is 0.0526. The van der Waals surface area contributed by atoms with Crippen molar-refractivity contribution in [3.8, 4) is 0 Å². The first kappa shape index (κ1) is 31.0. The third-order valence-corrected chi connectivity index (χ3v) is 21.1. The molecule has 0 N–H and O–H groups in total. The summed E-state index contributed by atoms with van der Waals surface area (Å²) in [5, 5.41) is 27.9. The summed E-state index contributed by atoms with van der Waals surface area (Å²) in [4.78, 5) is 8.07. The van der Waals surface area contributed by atoms with E-state index in [2.05, 4.69) is 163 Å². The number of fused-ring (bicyclic) bond motifs is 6. The second-order valence-corrected chi connectivity index (χ2v) is 23.1. The minimum absolute atomic E-state index is 1.25. The number of hydrogen-bond acceptors (Lipinski definition) is 4. The minimum atomic E-state index is -2.80. The predicted molar refractivity (Wildman–Crippen MR) is 270 cm³/mol. The molecule has 0 unspecified atom stereocenters. The van der Waals surface area contributed by atoms with Crippen LogP contribution in [0.2, 0.25) is 0 Å². The van der Waals surface area contributed by atoms with Crippen molar-refractivity contribution >= 4 is 182 Å². The second kappa shape index (κ2) is 9.27. The smallest absolute Gasteiger partial charge is 0.0659 e. The molecule has 0 amide bonds. The van der Waals surface area contributed by atoms with E-state index in [-0.39, 0.29) is 0 Å². The lowest BCUT2D eigenvalue weighted by molar-refractivity contribution is 1.26. The summed E-state index contributed by atoms with van der Waals surface area (Å²) in [6.07, 6.45) is 0. The molecule has 284 valence electrons. The lowest BCUT2D eigenvalue weighted by Crippen LogP contribution is -2.48. The molecule has 0 aliphatic carbocycles. The fourth-order valence-corrected chi connectivity index (χ4v) is 19.1. The molecule has 0 saturated heterocycles. The van der Waals surface area contributed by atoms with Crippen LogP contribution in [-0.2, 0) is 11.8 Å². The molecule has 5 heteroatoms. The molecule has 6 aliphatic heterocycles. The highest BCUT2D eigenvalue weighted by Gasteiger charge is 2.55. The van der Waals surface area contributed by atoms with Gasteiger partial charge in [0, 0.05) is 64.4 Å². The molecule has 0 saturated carbocycles. The van der Waals surface area contributed by atoms with Crippen LogP contribution in [0.1, 0.15) is 16.7 Å². The Bertz CT molecular complexity index is 4080. The number of rotatable bonds is 0. The van der Waals surface area contributed by atoms with Gasteiger partial charge in [0.2, 0.25) is 0 Å².